The highest BCUT2D eigenvalue weighted by atomic mass is 19.3. The third-order valence-corrected chi connectivity index (χ3v) is 3.53. The highest BCUT2D eigenvalue weighted by Gasteiger charge is 2.45. The summed E-state index contributed by atoms with van der Waals surface area (Å²) in [5.74, 6) is -1.38. The first-order chi connectivity index (χ1) is 8.91. The summed E-state index contributed by atoms with van der Waals surface area (Å²) in [5, 5.41) is 0. The normalized spacial score (nSPS) is 18.4. The molecule has 1 fully saturated rings. The molecule has 1 aromatic rings. The Morgan fingerprint density at radius 2 is 2.05 bits per heavy atom. The number of halogens is 2. The summed E-state index contributed by atoms with van der Waals surface area (Å²) >= 11 is 0. The lowest BCUT2D eigenvalue weighted by molar-refractivity contribution is -0.119. The Balaban J connectivity index is 1.96. The molecule has 0 saturated heterocycles. The molecule has 0 aliphatic heterocycles. The smallest absolute Gasteiger partial charge is 0.248 e. The van der Waals surface area contributed by atoms with Crippen LogP contribution in [-0.4, -0.2) is 17.5 Å². The maximum Gasteiger partial charge on any atom is 0.248 e. The van der Waals surface area contributed by atoms with Crippen LogP contribution in [0.4, 0.5) is 8.78 Å². The molecule has 2 nitrogen and oxygen atoms in total. The Morgan fingerprint density at radius 3 is 2.58 bits per heavy atom. The summed E-state index contributed by atoms with van der Waals surface area (Å²) in [4.78, 5) is 4.57. The molecule has 0 spiro atoms. The van der Waals surface area contributed by atoms with Gasteiger partial charge in [-0.05, 0) is 24.5 Å². The van der Waals surface area contributed by atoms with E-state index in [2.05, 4.69) is 18.8 Å². The van der Waals surface area contributed by atoms with Crippen molar-refractivity contribution in [1.29, 1.82) is 0 Å². The fraction of sp³-hybridized carbons (Fsp3) is 0.667. The Morgan fingerprint density at radius 1 is 1.37 bits per heavy atom. The van der Waals surface area contributed by atoms with Crippen molar-refractivity contribution in [3.8, 4) is 5.75 Å². The molecule has 0 radical (unpaired) electrons. The number of pyridine rings is 1. The number of rotatable bonds is 5. The number of aryl methyl sites for hydroxylation is 1. The molecular formula is C15H21F2NO. The molecule has 0 N–H and O–H groups in total. The standard InChI is InChI=1S/C15H21F2NO/c1-4-12-14(6-5-13(18-12)10(2)3)19-9-11-7-15(16,17)8-11/h5-6,10-11H,4,7-9H2,1-3H3. The number of ether oxygens (including phenoxy) is 1. The zero-order valence-electron chi connectivity index (χ0n) is 11.7. The molecule has 1 aromatic heterocycles. The second kappa shape index (κ2) is 5.43. The van der Waals surface area contributed by atoms with Crippen LogP contribution in [0.3, 0.4) is 0 Å². The summed E-state index contributed by atoms with van der Waals surface area (Å²) in [7, 11) is 0. The van der Waals surface area contributed by atoms with Crippen LogP contribution in [0.2, 0.25) is 0 Å². The van der Waals surface area contributed by atoms with Crippen LogP contribution in [0.15, 0.2) is 12.1 Å². The predicted molar refractivity (Wildman–Crippen MR) is 70.9 cm³/mol. The second-order valence-electron chi connectivity index (χ2n) is 5.63. The van der Waals surface area contributed by atoms with E-state index in [4.69, 9.17) is 4.74 Å². The van der Waals surface area contributed by atoms with Gasteiger partial charge in [0.25, 0.3) is 0 Å². The van der Waals surface area contributed by atoms with Crippen LogP contribution in [0.25, 0.3) is 0 Å². The third kappa shape index (κ3) is 3.43. The van der Waals surface area contributed by atoms with Crippen LogP contribution in [0.1, 0.15) is 50.9 Å². The van der Waals surface area contributed by atoms with Crippen molar-refractivity contribution in [3.05, 3.63) is 23.5 Å². The molecule has 106 valence electrons. The Kier molecular flexibility index (Phi) is 4.07. The number of alkyl halides is 2. The van der Waals surface area contributed by atoms with Gasteiger partial charge in [-0.3, -0.25) is 4.98 Å². The molecule has 2 rings (SSSR count). The lowest BCUT2D eigenvalue weighted by Crippen LogP contribution is -2.38. The first kappa shape index (κ1) is 14.2. The summed E-state index contributed by atoms with van der Waals surface area (Å²) in [5.41, 5.74) is 1.96. The molecule has 0 bridgehead atoms. The average Bonchev–Trinajstić information content (AvgIpc) is 2.33. The molecule has 0 aromatic carbocycles. The van der Waals surface area contributed by atoms with Gasteiger partial charge in [0.1, 0.15) is 5.75 Å². The van der Waals surface area contributed by atoms with E-state index in [1.54, 1.807) is 0 Å². The van der Waals surface area contributed by atoms with E-state index in [1.807, 2.05) is 19.1 Å². The van der Waals surface area contributed by atoms with E-state index < -0.39 is 5.92 Å². The Labute approximate surface area is 113 Å². The fourth-order valence-electron chi connectivity index (χ4n) is 2.32. The van der Waals surface area contributed by atoms with E-state index in [-0.39, 0.29) is 18.8 Å². The molecule has 0 atom stereocenters. The van der Waals surface area contributed by atoms with Gasteiger partial charge in [0, 0.05) is 24.5 Å². The predicted octanol–water partition coefficient (Wildman–Crippen LogP) is 4.19. The molecule has 1 aliphatic rings. The maximum absolute atomic E-state index is 12.7. The molecule has 19 heavy (non-hydrogen) atoms. The SMILES string of the molecule is CCc1nc(C(C)C)ccc1OCC1CC(F)(F)C1. The van der Waals surface area contributed by atoms with Crippen molar-refractivity contribution >= 4 is 0 Å². The van der Waals surface area contributed by atoms with E-state index in [1.165, 1.54) is 0 Å². The minimum absolute atomic E-state index is 0.0236. The zero-order valence-corrected chi connectivity index (χ0v) is 11.7. The van der Waals surface area contributed by atoms with E-state index in [0.29, 0.717) is 12.5 Å². The zero-order chi connectivity index (χ0) is 14.0. The largest absolute Gasteiger partial charge is 0.491 e. The monoisotopic (exact) mass is 269 g/mol. The molecule has 0 amide bonds. The summed E-state index contributed by atoms with van der Waals surface area (Å²) in [6.07, 6.45) is 0.689. The lowest BCUT2D eigenvalue weighted by atomic mass is 9.82. The van der Waals surface area contributed by atoms with E-state index in [9.17, 15) is 8.78 Å². The van der Waals surface area contributed by atoms with Crippen molar-refractivity contribution in [2.45, 2.75) is 51.9 Å². The van der Waals surface area contributed by atoms with Crippen molar-refractivity contribution in [3.63, 3.8) is 0 Å². The maximum atomic E-state index is 12.7. The first-order valence-corrected chi connectivity index (χ1v) is 6.91. The van der Waals surface area contributed by atoms with Crippen LogP contribution in [0, 0.1) is 5.92 Å². The number of hydrogen-bond acceptors (Lipinski definition) is 2. The second-order valence-corrected chi connectivity index (χ2v) is 5.63. The van der Waals surface area contributed by atoms with E-state index in [0.717, 1.165) is 23.6 Å². The van der Waals surface area contributed by atoms with Crippen molar-refractivity contribution < 1.29 is 13.5 Å². The van der Waals surface area contributed by atoms with Gasteiger partial charge in [0.2, 0.25) is 5.92 Å². The number of nitrogens with zero attached hydrogens (tertiary/aromatic N) is 1. The van der Waals surface area contributed by atoms with Gasteiger partial charge >= 0.3 is 0 Å². The topological polar surface area (TPSA) is 22.1 Å². The Hall–Kier alpha value is -1.19. The number of hydrogen-bond donors (Lipinski definition) is 0. The third-order valence-electron chi connectivity index (χ3n) is 3.53. The van der Waals surface area contributed by atoms with Crippen LogP contribution < -0.4 is 4.74 Å². The summed E-state index contributed by atoms with van der Waals surface area (Å²) in [6.45, 7) is 6.58. The van der Waals surface area contributed by atoms with Gasteiger partial charge in [-0.1, -0.05) is 20.8 Å². The molecule has 1 saturated carbocycles. The minimum atomic E-state index is -2.47. The minimum Gasteiger partial charge on any atom is -0.491 e. The first-order valence-electron chi connectivity index (χ1n) is 6.91. The fourth-order valence-corrected chi connectivity index (χ4v) is 2.32. The highest BCUT2D eigenvalue weighted by Crippen LogP contribution is 2.42. The lowest BCUT2D eigenvalue weighted by Gasteiger charge is -2.34. The highest BCUT2D eigenvalue weighted by molar-refractivity contribution is 5.30. The van der Waals surface area contributed by atoms with Crippen LogP contribution in [-0.2, 0) is 6.42 Å². The summed E-state index contributed by atoms with van der Waals surface area (Å²) in [6, 6.07) is 3.87. The van der Waals surface area contributed by atoms with Gasteiger partial charge in [-0.2, -0.15) is 0 Å². The van der Waals surface area contributed by atoms with Crippen LogP contribution in [0.5, 0.6) is 5.75 Å². The van der Waals surface area contributed by atoms with E-state index >= 15 is 0 Å². The molecule has 0 unspecified atom stereocenters. The Bertz CT molecular complexity index is 438. The van der Waals surface area contributed by atoms with Gasteiger partial charge < -0.3 is 4.74 Å². The van der Waals surface area contributed by atoms with Gasteiger partial charge in [-0.25, -0.2) is 8.78 Å². The summed E-state index contributed by atoms with van der Waals surface area (Å²) < 4.78 is 31.1. The molecule has 1 heterocycles. The van der Waals surface area contributed by atoms with Gasteiger partial charge in [0.15, 0.2) is 0 Å². The molecule has 4 heteroatoms. The quantitative estimate of drug-likeness (QED) is 0.799. The average molecular weight is 269 g/mol. The van der Waals surface area contributed by atoms with Gasteiger partial charge in [-0.15, -0.1) is 0 Å². The molecular weight excluding hydrogens is 248 g/mol. The van der Waals surface area contributed by atoms with Gasteiger partial charge in [0.05, 0.1) is 12.3 Å². The van der Waals surface area contributed by atoms with Crippen molar-refractivity contribution in [2.24, 2.45) is 5.92 Å². The van der Waals surface area contributed by atoms with Crippen molar-refractivity contribution in [1.82, 2.24) is 4.98 Å². The van der Waals surface area contributed by atoms with Crippen molar-refractivity contribution in [2.75, 3.05) is 6.61 Å². The number of aromatic nitrogens is 1. The van der Waals surface area contributed by atoms with Crippen LogP contribution >= 0.6 is 0 Å². The molecule has 1 aliphatic carbocycles.